The molecule has 2 aromatic carbocycles. The fraction of sp³-hybridized carbons (Fsp3) is 0.333. The van der Waals surface area contributed by atoms with Gasteiger partial charge in [-0.1, -0.05) is 43.6 Å². The molecule has 7 nitrogen and oxygen atoms in total. The number of carbonyl (C=O) groups is 2. The Balaban J connectivity index is 1.88. The molecule has 0 aliphatic rings. The monoisotopic (exact) mass is 467 g/mol. The van der Waals surface area contributed by atoms with Gasteiger partial charge in [-0.15, -0.1) is 0 Å². The zero-order valence-corrected chi connectivity index (χ0v) is 18.6. The van der Waals surface area contributed by atoms with Crippen LogP contribution >= 0.6 is 23.4 Å². The SMILES string of the molecule is CC(C)[C@H](NC(=O)c1ccc([N+](=O)[O-])cc1Cl)C(=O)NCCSCc1ccccc1F. The number of thioether (sulfide) groups is 1. The Labute approximate surface area is 188 Å². The molecule has 0 saturated carbocycles. The third-order valence-corrected chi connectivity index (χ3v) is 5.73. The number of benzene rings is 2. The third kappa shape index (κ3) is 7.22. The predicted molar refractivity (Wildman–Crippen MR) is 120 cm³/mol. The third-order valence-electron chi connectivity index (χ3n) is 4.40. The number of non-ortho nitro benzene ring substituents is 1. The largest absolute Gasteiger partial charge is 0.353 e. The van der Waals surface area contributed by atoms with E-state index in [0.717, 1.165) is 6.07 Å². The van der Waals surface area contributed by atoms with Crippen LogP contribution in [0, 0.1) is 21.8 Å². The Morgan fingerprint density at radius 3 is 2.55 bits per heavy atom. The van der Waals surface area contributed by atoms with Gasteiger partial charge < -0.3 is 10.6 Å². The highest BCUT2D eigenvalue weighted by Gasteiger charge is 2.25. The molecule has 0 spiro atoms. The molecule has 0 unspecified atom stereocenters. The molecule has 1 atom stereocenters. The number of nitro groups is 1. The van der Waals surface area contributed by atoms with Crippen molar-refractivity contribution in [2.24, 2.45) is 5.92 Å². The van der Waals surface area contributed by atoms with Gasteiger partial charge in [0.25, 0.3) is 11.6 Å². The van der Waals surface area contributed by atoms with E-state index in [1.54, 1.807) is 32.0 Å². The highest BCUT2D eigenvalue weighted by atomic mass is 35.5. The van der Waals surface area contributed by atoms with E-state index in [-0.39, 0.29) is 33.9 Å². The summed E-state index contributed by atoms with van der Waals surface area (Å²) in [6.07, 6.45) is 0. The molecule has 2 rings (SSSR count). The summed E-state index contributed by atoms with van der Waals surface area (Å²) in [5, 5.41) is 16.1. The average Bonchev–Trinajstić information content (AvgIpc) is 2.72. The van der Waals surface area contributed by atoms with E-state index in [1.807, 2.05) is 0 Å². The lowest BCUT2D eigenvalue weighted by atomic mass is 10.0. The number of nitrogens with one attached hydrogen (secondary N) is 2. The molecule has 0 heterocycles. The molecule has 0 aromatic heterocycles. The van der Waals surface area contributed by atoms with Gasteiger partial charge in [-0.2, -0.15) is 11.8 Å². The second kappa shape index (κ2) is 11.7. The van der Waals surface area contributed by atoms with Gasteiger partial charge in [-0.25, -0.2) is 4.39 Å². The Bertz CT molecular complexity index is 958. The van der Waals surface area contributed by atoms with Gasteiger partial charge in [0.05, 0.1) is 15.5 Å². The van der Waals surface area contributed by atoms with Gasteiger partial charge in [-0.3, -0.25) is 19.7 Å². The Morgan fingerprint density at radius 2 is 1.94 bits per heavy atom. The second-order valence-electron chi connectivity index (χ2n) is 7.05. The number of hydrogen-bond donors (Lipinski definition) is 2. The topological polar surface area (TPSA) is 101 Å². The minimum atomic E-state index is -0.810. The van der Waals surface area contributed by atoms with E-state index in [4.69, 9.17) is 11.6 Å². The quantitative estimate of drug-likeness (QED) is 0.310. The lowest BCUT2D eigenvalue weighted by Crippen LogP contribution is -2.50. The maximum Gasteiger partial charge on any atom is 0.270 e. The van der Waals surface area contributed by atoms with Crippen molar-refractivity contribution in [3.63, 3.8) is 0 Å². The summed E-state index contributed by atoms with van der Waals surface area (Å²) < 4.78 is 13.6. The predicted octanol–water partition coefficient (Wildman–Crippen LogP) is 4.19. The minimum absolute atomic E-state index is 0.0474. The van der Waals surface area contributed by atoms with Crippen LogP contribution in [0.15, 0.2) is 42.5 Å². The van der Waals surface area contributed by atoms with Crippen LogP contribution in [0.2, 0.25) is 5.02 Å². The lowest BCUT2D eigenvalue weighted by molar-refractivity contribution is -0.384. The van der Waals surface area contributed by atoms with Gasteiger partial charge in [0.2, 0.25) is 5.91 Å². The van der Waals surface area contributed by atoms with Crippen LogP contribution in [0.5, 0.6) is 0 Å². The van der Waals surface area contributed by atoms with Crippen molar-refractivity contribution in [1.29, 1.82) is 0 Å². The van der Waals surface area contributed by atoms with E-state index in [9.17, 15) is 24.1 Å². The number of nitro benzene ring substituents is 1. The zero-order valence-electron chi connectivity index (χ0n) is 17.1. The smallest absolute Gasteiger partial charge is 0.270 e. The van der Waals surface area contributed by atoms with E-state index in [2.05, 4.69) is 10.6 Å². The molecule has 2 amide bonds. The van der Waals surface area contributed by atoms with Crippen molar-refractivity contribution in [2.45, 2.75) is 25.6 Å². The van der Waals surface area contributed by atoms with E-state index < -0.39 is 16.9 Å². The van der Waals surface area contributed by atoms with Crippen molar-refractivity contribution < 1.29 is 18.9 Å². The van der Waals surface area contributed by atoms with Crippen molar-refractivity contribution in [3.05, 3.63) is 74.5 Å². The number of hydrogen-bond acceptors (Lipinski definition) is 5. The molecule has 10 heteroatoms. The highest BCUT2D eigenvalue weighted by molar-refractivity contribution is 7.98. The van der Waals surface area contributed by atoms with Crippen molar-refractivity contribution in [3.8, 4) is 0 Å². The van der Waals surface area contributed by atoms with Gasteiger partial charge in [-0.05, 0) is 23.6 Å². The number of rotatable bonds is 10. The fourth-order valence-corrected chi connectivity index (χ4v) is 3.81. The van der Waals surface area contributed by atoms with Gasteiger partial charge in [0.15, 0.2) is 0 Å². The van der Waals surface area contributed by atoms with Crippen LogP contribution in [0.3, 0.4) is 0 Å². The average molecular weight is 468 g/mol. The molecule has 0 bridgehead atoms. The first-order valence-corrected chi connectivity index (χ1v) is 11.1. The van der Waals surface area contributed by atoms with E-state index >= 15 is 0 Å². The molecular weight excluding hydrogens is 445 g/mol. The standard InChI is InChI=1S/C21H23ClFN3O4S/c1-13(2)19(25-20(27)16-8-7-15(26(29)30)11-17(16)22)21(28)24-9-10-31-12-14-5-3-4-6-18(14)23/h3-8,11,13,19H,9-10,12H2,1-2H3,(H,24,28)(H,25,27)/t19-/m0/s1. The Morgan fingerprint density at radius 1 is 1.23 bits per heavy atom. The summed E-state index contributed by atoms with van der Waals surface area (Å²) in [6.45, 7) is 3.93. The normalized spacial score (nSPS) is 11.8. The molecule has 0 aliphatic heterocycles. The Kier molecular flexibility index (Phi) is 9.26. The van der Waals surface area contributed by atoms with Crippen LogP contribution in [0.4, 0.5) is 10.1 Å². The molecule has 0 saturated heterocycles. The molecular formula is C21H23ClFN3O4S. The Hall–Kier alpha value is -2.65. The molecule has 0 radical (unpaired) electrons. The summed E-state index contributed by atoms with van der Waals surface area (Å²) in [5.74, 6) is -0.340. The highest BCUT2D eigenvalue weighted by Crippen LogP contribution is 2.22. The summed E-state index contributed by atoms with van der Waals surface area (Å²) in [7, 11) is 0. The lowest BCUT2D eigenvalue weighted by Gasteiger charge is -2.22. The molecule has 2 N–H and O–H groups in total. The second-order valence-corrected chi connectivity index (χ2v) is 8.56. The van der Waals surface area contributed by atoms with Crippen LogP contribution < -0.4 is 10.6 Å². The zero-order chi connectivity index (χ0) is 23.0. The molecule has 0 aliphatic carbocycles. The fourth-order valence-electron chi connectivity index (χ4n) is 2.71. The summed E-state index contributed by atoms with van der Waals surface area (Å²) in [4.78, 5) is 35.3. The van der Waals surface area contributed by atoms with Gasteiger partial charge in [0, 0.05) is 30.2 Å². The van der Waals surface area contributed by atoms with Gasteiger partial charge in [0.1, 0.15) is 11.9 Å². The first-order chi connectivity index (χ1) is 14.7. The molecule has 2 aromatic rings. The van der Waals surface area contributed by atoms with Crippen LogP contribution in [0.1, 0.15) is 29.8 Å². The summed E-state index contributed by atoms with van der Waals surface area (Å²) in [6, 6.07) is 9.24. The van der Waals surface area contributed by atoms with Crippen LogP contribution in [-0.2, 0) is 10.5 Å². The van der Waals surface area contributed by atoms with E-state index in [0.29, 0.717) is 23.6 Å². The number of carbonyl (C=O) groups excluding carboxylic acids is 2. The number of nitrogens with zero attached hydrogens (tertiary/aromatic N) is 1. The van der Waals surface area contributed by atoms with Crippen LogP contribution in [0.25, 0.3) is 0 Å². The summed E-state index contributed by atoms with van der Waals surface area (Å²) in [5.41, 5.74) is 0.421. The first kappa shape index (κ1) is 24.6. The van der Waals surface area contributed by atoms with Crippen molar-refractivity contribution in [1.82, 2.24) is 10.6 Å². The van der Waals surface area contributed by atoms with Crippen molar-refractivity contribution >= 4 is 40.9 Å². The van der Waals surface area contributed by atoms with Crippen molar-refractivity contribution in [2.75, 3.05) is 12.3 Å². The summed E-state index contributed by atoms with van der Waals surface area (Å²) >= 11 is 7.48. The maximum absolute atomic E-state index is 13.6. The maximum atomic E-state index is 13.6. The minimum Gasteiger partial charge on any atom is -0.353 e. The first-order valence-electron chi connectivity index (χ1n) is 9.54. The number of halogens is 2. The molecule has 0 fully saturated rings. The van der Waals surface area contributed by atoms with Crippen LogP contribution in [-0.4, -0.2) is 35.1 Å². The van der Waals surface area contributed by atoms with E-state index in [1.165, 1.54) is 30.0 Å². The number of amides is 2. The molecule has 166 valence electrons. The molecule has 31 heavy (non-hydrogen) atoms. The van der Waals surface area contributed by atoms with Gasteiger partial charge >= 0.3 is 0 Å².